The lowest BCUT2D eigenvalue weighted by Gasteiger charge is -2.34. The van der Waals surface area contributed by atoms with Gasteiger partial charge in [0.2, 0.25) is 0 Å². The Morgan fingerprint density at radius 1 is 1.29 bits per heavy atom. The third-order valence-electron chi connectivity index (χ3n) is 2.95. The second-order valence-corrected chi connectivity index (χ2v) is 5.38. The SMILES string of the molecule is CC(C)(C)N1O[C@H](C#N)C[C@H]1c1ccccc1. The van der Waals surface area contributed by atoms with Gasteiger partial charge in [0.25, 0.3) is 0 Å². The highest BCUT2D eigenvalue weighted by molar-refractivity contribution is 5.21. The fraction of sp³-hybridized carbons (Fsp3) is 0.500. The van der Waals surface area contributed by atoms with E-state index in [9.17, 15) is 0 Å². The Balaban J connectivity index is 2.29. The molecule has 1 aromatic rings. The average Bonchev–Trinajstić information content (AvgIpc) is 2.74. The highest BCUT2D eigenvalue weighted by Crippen LogP contribution is 2.38. The maximum atomic E-state index is 9.01. The number of rotatable bonds is 1. The van der Waals surface area contributed by atoms with E-state index in [-0.39, 0.29) is 17.7 Å². The molecule has 0 amide bonds. The minimum Gasteiger partial charge on any atom is -0.279 e. The van der Waals surface area contributed by atoms with E-state index in [1.807, 2.05) is 23.3 Å². The van der Waals surface area contributed by atoms with Gasteiger partial charge >= 0.3 is 0 Å². The van der Waals surface area contributed by atoms with E-state index in [2.05, 4.69) is 39.0 Å². The second-order valence-electron chi connectivity index (χ2n) is 5.38. The summed E-state index contributed by atoms with van der Waals surface area (Å²) in [4.78, 5) is 5.71. The van der Waals surface area contributed by atoms with Crippen molar-refractivity contribution in [3.05, 3.63) is 35.9 Å². The molecule has 0 spiro atoms. The molecule has 0 aromatic heterocycles. The zero-order valence-corrected chi connectivity index (χ0v) is 10.6. The number of benzene rings is 1. The molecule has 1 saturated heterocycles. The van der Waals surface area contributed by atoms with Crippen LogP contribution in [0.1, 0.15) is 38.8 Å². The standard InChI is InChI=1S/C14H18N2O/c1-14(2,3)16-13(9-12(10-15)17-16)11-7-5-4-6-8-11/h4-8,12-13H,9H2,1-3H3/t12-,13-/m0/s1. The summed E-state index contributed by atoms with van der Waals surface area (Å²) in [5.41, 5.74) is 1.10. The molecule has 1 fully saturated rings. The first-order chi connectivity index (χ1) is 8.02. The van der Waals surface area contributed by atoms with Crippen LogP contribution >= 0.6 is 0 Å². The molecule has 3 heteroatoms. The fourth-order valence-corrected chi connectivity index (χ4v) is 2.20. The van der Waals surface area contributed by atoms with Crippen molar-refractivity contribution >= 4 is 0 Å². The number of hydrogen-bond acceptors (Lipinski definition) is 3. The highest BCUT2D eigenvalue weighted by atomic mass is 16.7. The van der Waals surface area contributed by atoms with Crippen molar-refractivity contribution in [3.8, 4) is 6.07 Å². The Bertz CT molecular complexity index is 416. The van der Waals surface area contributed by atoms with Crippen LogP contribution in [0.5, 0.6) is 0 Å². The van der Waals surface area contributed by atoms with Crippen LogP contribution in [0.15, 0.2) is 30.3 Å². The predicted octanol–water partition coefficient (Wildman–Crippen LogP) is 3.06. The van der Waals surface area contributed by atoms with E-state index in [4.69, 9.17) is 10.1 Å². The fourth-order valence-electron chi connectivity index (χ4n) is 2.20. The van der Waals surface area contributed by atoms with Crippen molar-refractivity contribution in [2.75, 3.05) is 0 Å². The molecule has 0 unspecified atom stereocenters. The Morgan fingerprint density at radius 3 is 2.47 bits per heavy atom. The number of nitriles is 1. The zero-order chi connectivity index (χ0) is 12.5. The van der Waals surface area contributed by atoms with Crippen molar-refractivity contribution < 1.29 is 4.84 Å². The predicted molar refractivity (Wildman–Crippen MR) is 65.9 cm³/mol. The second kappa shape index (κ2) is 4.48. The number of nitrogens with zero attached hydrogens (tertiary/aromatic N) is 2. The maximum absolute atomic E-state index is 9.01. The van der Waals surface area contributed by atoms with Crippen LogP contribution < -0.4 is 0 Å². The average molecular weight is 230 g/mol. The minimum absolute atomic E-state index is 0.105. The molecule has 1 aliphatic heterocycles. The monoisotopic (exact) mass is 230 g/mol. The van der Waals surface area contributed by atoms with Crippen molar-refractivity contribution in [1.82, 2.24) is 5.06 Å². The maximum Gasteiger partial charge on any atom is 0.167 e. The lowest BCUT2D eigenvalue weighted by Crippen LogP contribution is -2.40. The largest absolute Gasteiger partial charge is 0.279 e. The Morgan fingerprint density at radius 2 is 1.94 bits per heavy atom. The molecule has 2 atom stereocenters. The molecular formula is C14H18N2O. The molecule has 1 aromatic carbocycles. The Labute approximate surface area is 103 Å². The third-order valence-corrected chi connectivity index (χ3v) is 2.95. The van der Waals surface area contributed by atoms with Gasteiger partial charge in [-0.25, -0.2) is 0 Å². The summed E-state index contributed by atoms with van der Waals surface area (Å²) in [5.74, 6) is 0. The summed E-state index contributed by atoms with van der Waals surface area (Å²) in [6, 6.07) is 12.6. The molecule has 0 N–H and O–H groups in total. The van der Waals surface area contributed by atoms with E-state index >= 15 is 0 Å². The molecule has 1 aliphatic rings. The number of hydrogen-bond donors (Lipinski definition) is 0. The molecule has 0 bridgehead atoms. The van der Waals surface area contributed by atoms with E-state index in [0.717, 1.165) is 6.42 Å². The summed E-state index contributed by atoms with van der Waals surface area (Å²) in [6.07, 6.45) is 0.400. The summed E-state index contributed by atoms with van der Waals surface area (Å²) < 4.78 is 0. The van der Waals surface area contributed by atoms with Gasteiger partial charge in [-0.1, -0.05) is 30.3 Å². The van der Waals surface area contributed by atoms with E-state index < -0.39 is 0 Å². The van der Waals surface area contributed by atoms with Crippen LogP contribution in [0.3, 0.4) is 0 Å². The molecule has 2 rings (SSSR count). The lowest BCUT2D eigenvalue weighted by molar-refractivity contribution is -0.203. The Kier molecular flexibility index (Phi) is 3.19. The van der Waals surface area contributed by atoms with Gasteiger partial charge in [0.05, 0.1) is 12.1 Å². The summed E-state index contributed by atoms with van der Waals surface area (Å²) >= 11 is 0. The zero-order valence-electron chi connectivity index (χ0n) is 10.6. The smallest absolute Gasteiger partial charge is 0.167 e. The van der Waals surface area contributed by atoms with Gasteiger partial charge in [-0.15, -0.1) is 0 Å². The normalized spacial score (nSPS) is 25.8. The van der Waals surface area contributed by atoms with Gasteiger partial charge in [-0.3, -0.25) is 4.84 Å². The Hall–Kier alpha value is -1.37. The molecule has 1 heterocycles. The first kappa shape index (κ1) is 12.1. The first-order valence-corrected chi connectivity index (χ1v) is 5.93. The summed E-state index contributed by atoms with van der Waals surface area (Å²) in [6.45, 7) is 6.30. The molecule has 0 saturated carbocycles. The van der Waals surface area contributed by atoms with Gasteiger partial charge in [-0.2, -0.15) is 10.3 Å². The van der Waals surface area contributed by atoms with Crippen LogP contribution in [-0.4, -0.2) is 16.7 Å². The van der Waals surface area contributed by atoms with E-state index in [1.165, 1.54) is 5.56 Å². The number of hydroxylamine groups is 2. The van der Waals surface area contributed by atoms with Gasteiger partial charge in [0, 0.05) is 12.0 Å². The van der Waals surface area contributed by atoms with Crippen molar-refractivity contribution in [3.63, 3.8) is 0 Å². The van der Waals surface area contributed by atoms with Crippen LogP contribution in [0.4, 0.5) is 0 Å². The molecule has 90 valence electrons. The van der Waals surface area contributed by atoms with Crippen LogP contribution in [0.2, 0.25) is 0 Å². The van der Waals surface area contributed by atoms with Gasteiger partial charge in [0.15, 0.2) is 6.10 Å². The topological polar surface area (TPSA) is 36.3 Å². The third kappa shape index (κ3) is 2.49. The molecule has 0 radical (unpaired) electrons. The van der Waals surface area contributed by atoms with Gasteiger partial charge < -0.3 is 0 Å². The molecule has 0 aliphatic carbocycles. The van der Waals surface area contributed by atoms with E-state index in [0.29, 0.717) is 0 Å². The van der Waals surface area contributed by atoms with Gasteiger partial charge in [-0.05, 0) is 26.3 Å². The van der Waals surface area contributed by atoms with Crippen molar-refractivity contribution in [2.45, 2.75) is 44.9 Å². The summed E-state index contributed by atoms with van der Waals surface area (Å²) in [5, 5.41) is 11.0. The molecule has 17 heavy (non-hydrogen) atoms. The van der Waals surface area contributed by atoms with Crippen LogP contribution in [0.25, 0.3) is 0 Å². The quantitative estimate of drug-likeness (QED) is 0.744. The lowest BCUT2D eigenvalue weighted by atomic mass is 9.98. The van der Waals surface area contributed by atoms with Crippen LogP contribution in [0, 0.1) is 11.3 Å². The first-order valence-electron chi connectivity index (χ1n) is 5.93. The summed E-state index contributed by atoms with van der Waals surface area (Å²) in [7, 11) is 0. The molecule has 3 nitrogen and oxygen atoms in total. The van der Waals surface area contributed by atoms with Crippen molar-refractivity contribution in [1.29, 1.82) is 5.26 Å². The highest BCUT2D eigenvalue weighted by Gasteiger charge is 2.40. The van der Waals surface area contributed by atoms with Gasteiger partial charge in [0.1, 0.15) is 0 Å². The van der Waals surface area contributed by atoms with Crippen LogP contribution in [-0.2, 0) is 4.84 Å². The minimum atomic E-state index is -0.334. The van der Waals surface area contributed by atoms with Crippen molar-refractivity contribution in [2.24, 2.45) is 0 Å². The van der Waals surface area contributed by atoms with E-state index in [1.54, 1.807) is 0 Å². The molecular weight excluding hydrogens is 212 g/mol.